The summed E-state index contributed by atoms with van der Waals surface area (Å²) in [6.07, 6.45) is 3.02. The number of hydrogen-bond acceptors (Lipinski definition) is 5. The summed E-state index contributed by atoms with van der Waals surface area (Å²) in [4.78, 5) is 3.91. The maximum atomic E-state index is 10.7. The average Bonchev–Trinajstić information content (AvgIpc) is 3.23. The van der Waals surface area contributed by atoms with Gasteiger partial charge in [0.05, 0.1) is 6.10 Å². The molecule has 2 aliphatic rings. The monoisotopic (exact) mass is 434 g/mol. The molecular formula is C23H31ClN2O4. The summed E-state index contributed by atoms with van der Waals surface area (Å²) in [6, 6.07) is 5.15. The van der Waals surface area contributed by atoms with Crippen molar-refractivity contribution < 1.29 is 20.1 Å². The lowest BCUT2D eigenvalue weighted by Crippen LogP contribution is -2.45. The minimum absolute atomic E-state index is 0.514. The number of aliphatic hydroxyl groups excluding tert-OH is 2. The van der Waals surface area contributed by atoms with Crippen LogP contribution in [-0.4, -0.2) is 45.6 Å². The Morgan fingerprint density at radius 3 is 2.47 bits per heavy atom. The van der Waals surface area contributed by atoms with E-state index in [1.165, 1.54) is 11.8 Å². The van der Waals surface area contributed by atoms with Crippen LogP contribution in [0.5, 0.6) is 0 Å². The fourth-order valence-corrected chi connectivity index (χ4v) is 3.63. The number of aliphatic imine (C=N–C) groups is 1. The molecule has 1 aliphatic carbocycles. The van der Waals surface area contributed by atoms with Crippen LogP contribution >= 0.6 is 11.6 Å². The van der Waals surface area contributed by atoms with E-state index in [4.69, 9.17) is 22.1 Å². The van der Waals surface area contributed by atoms with Crippen LogP contribution in [0.3, 0.4) is 0 Å². The summed E-state index contributed by atoms with van der Waals surface area (Å²) in [7, 11) is 0. The van der Waals surface area contributed by atoms with Crippen LogP contribution in [0.15, 0.2) is 59.3 Å². The van der Waals surface area contributed by atoms with Crippen LogP contribution < -0.4 is 5.73 Å². The molecular weight excluding hydrogens is 404 g/mol. The van der Waals surface area contributed by atoms with Gasteiger partial charge in [-0.1, -0.05) is 48.0 Å². The lowest BCUT2D eigenvalue weighted by atomic mass is 9.86. The number of amidine groups is 1. The van der Waals surface area contributed by atoms with Gasteiger partial charge in [-0.05, 0) is 51.3 Å². The van der Waals surface area contributed by atoms with Crippen molar-refractivity contribution in [1.82, 2.24) is 0 Å². The fraction of sp³-hybridized carbons (Fsp3) is 0.435. The number of hydrogen-bond donors (Lipinski definition) is 4. The molecule has 1 heterocycles. The lowest BCUT2D eigenvalue weighted by Gasteiger charge is -2.32. The van der Waals surface area contributed by atoms with E-state index in [0.717, 1.165) is 17.6 Å². The Morgan fingerprint density at radius 1 is 1.33 bits per heavy atom. The van der Waals surface area contributed by atoms with Crippen molar-refractivity contribution in [3.05, 3.63) is 70.4 Å². The quantitative estimate of drug-likeness (QED) is 0.430. The summed E-state index contributed by atoms with van der Waals surface area (Å²) in [5.74, 6) is 0.561. The maximum absolute atomic E-state index is 10.7. The zero-order valence-electron chi connectivity index (χ0n) is 17.8. The Hall–Kier alpha value is -1.96. The first-order valence-corrected chi connectivity index (χ1v) is 10.2. The topological polar surface area (TPSA) is 108 Å². The number of rotatable bonds is 4. The first kappa shape index (κ1) is 24.3. The highest BCUT2D eigenvalue weighted by Gasteiger charge is 2.50. The number of ether oxygens (including phenoxy) is 1. The SMILES string of the molecule is C=CN=C(N)C1=C(C)CC=C1.Cc1cc(C(C)(O)C2OC(C)C(O)C2O)ccc1Cl. The Kier molecular flexibility index (Phi) is 8.02. The molecule has 3 rings (SSSR count). The number of benzene rings is 1. The van der Waals surface area contributed by atoms with Crippen molar-refractivity contribution >= 4 is 17.4 Å². The second-order valence-electron chi connectivity index (χ2n) is 7.85. The average molecular weight is 435 g/mol. The Balaban J connectivity index is 0.000000248. The van der Waals surface area contributed by atoms with E-state index in [0.29, 0.717) is 16.4 Å². The highest BCUT2D eigenvalue weighted by atomic mass is 35.5. The van der Waals surface area contributed by atoms with Gasteiger partial charge in [-0.25, -0.2) is 4.99 Å². The Morgan fingerprint density at radius 2 is 2.00 bits per heavy atom. The van der Waals surface area contributed by atoms with E-state index in [-0.39, 0.29) is 0 Å². The van der Waals surface area contributed by atoms with Crippen LogP contribution in [-0.2, 0) is 10.3 Å². The van der Waals surface area contributed by atoms with E-state index < -0.39 is 30.0 Å². The lowest BCUT2D eigenvalue weighted by molar-refractivity contribution is -0.122. The number of allylic oxidation sites excluding steroid dienone is 2. The molecule has 1 fully saturated rings. The Labute approximate surface area is 183 Å². The molecule has 164 valence electrons. The normalized spacial score (nSPS) is 28.2. The molecule has 1 aromatic carbocycles. The van der Waals surface area contributed by atoms with Crippen molar-refractivity contribution in [1.29, 1.82) is 0 Å². The van der Waals surface area contributed by atoms with Crippen molar-refractivity contribution in [3.63, 3.8) is 0 Å². The Bertz CT molecular complexity index is 876. The molecule has 0 radical (unpaired) electrons. The van der Waals surface area contributed by atoms with E-state index in [9.17, 15) is 15.3 Å². The minimum Gasteiger partial charge on any atom is -0.388 e. The molecule has 0 saturated carbocycles. The molecule has 1 aromatic rings. The second-order valence-corrected chi connectivity index (χ2v) is 8.26. The maximum Gasteiger partial charge on any atom is 0.130 e. The fourth-order valence-electron chi connectivity index (χ4n) is 3.52. The third-order valence-electron chi connectivity index (χ3n) is 5.47. The molecule has 0 amide bonds. The van der Waals surface area contributed by atoms with Crippen LogP contribution in [0.1, 0.15) is 38.3 Å². The van der Waals surface area contributed by atoms with Crippen LogP contribution in [0, 0.1) is 6.92 Å². The van der Waals surface area contributed by atoms with Gasteiger partial charge in [0.2, 0.25) is 0 Å². The van der Waals surface area contributed by atoms with Gasteiger partial charge >= 0.3 is 0 Å². The smallest absolute Gasteiger partial charge is 0.130 e. The number of nitrogens with zero attached hydrogens (tertiary/aromatic N) is 1. The van der Waals surface area contributed by atoms with Crippen LogP contribution in [0.25, 0.3) is 0 Å². The van der Waals surface area contributed by atoms with Gasteiger partial charge < -0.3 is 25.8 Å². The second kappa shape index (κ2) is 9.90. The molecule has 5 unspecified atom stereocenters. The predicted molar refractivity (Wildman–Crippen MR) is 120 cm³/mol. The molecule has 0 aromatic heterocycles. The third-order valence-corrected chi connectivity index (χ3v) is 5.90. The van der Waals surface area contributed by atoms with E-state index in [1.807, 2.05) is 13.0 Å². The number of aryl methyl sites for hydroxylation is 1. The summed E-state index contributed by atoms with van der Waals surface area (Å²) < 4.78 is 5.49. The van der Waals surface area contributed by atoms with Crippen molar-refractivity contribution in [2.75, 3.05) is 0 Å². The van der Waals surface area contributed by atoms with Gasteiger partial charge in [-0.15, -0.1) is 0 Å². The van der Waals surface area contributed by atoms with Crippen molar-refractivity contribution in [2.24, 2.45) is 10.7 Å². The van der Waals surface area contributed by atoms with Gasteiger partial charge in [-0.2, -0.15) is 0 Å². The van der Waals surface area contributed by atoms with E-state index >= 15 is 0 Å². The molecule has 0 spiro atoms. The zero-order valence-corrected chi connectivity index (χ0v) is 18.6. The van der Waals surface area contributed by atoms with Crippen LogP contribution in [0.4, 0.5) is 0 Å². The number of aliphatic hydroxyl groups is 3. The highest BCUT2D eigenvalue weighted by Crippen LogP contribution is 2.36. The van der Waals surface area contributed by atoms with Gasteiger partial charge in [0, 0.05) is 16.8 Å². The molecule has 5 N–H and O–H groups in total. The summed E-state index contributed by atoms with van der Waals surface area (Å²) in [5, 5.41) is 31.0. The molecule has 1 saturated heterocycles. The minimum atomic E-state index is -1.40. The number of nitrogens with two attached hydrogens (primary N) is 1. The summed E-state index contributed by atoms with van der Waals surface area (Å²) in [5.41, 5.74) is 8.00. The van der Waals surface area contributed by atoms with Crippen LogP contribution in [0.2, 0.25) is 5.02 Å². The van der Waals surface area contributed by atoms with Gasteiger partial charge in [-0.3, -0.25) is 0 Å². The number of halogens is 1. The van der Waals surface area contributed by atoms with E-state index in [2.05, 4.69) is 24.6 Å². The molecule has 30 heavy (non-hydrogen) atoms. The molecule has 1 aliphatic heterocycles. The molecule has 0 bridgehead atoms. The molecule has 7 heteroatoms. The van der Waals surface area contributed by atoms with Crippen molar-refractivity contribution in [3.8, 4) is 0 Å². The van der Waals surface area contributed by atoms with Gasteiger partial charge in [0.25, 0.3) is 0 Å². The molecule has 6 nitrogen and oxygen atoms in total. The zero-order chi connectivity index (χ0) is 22.6. The van der Waals surface area contributed by atoms with Crippen molar-refractivity contribution in [2.45, 2.75) is 64.1 Å². The first-order chi connectivity index (χ1) is 14.0. The molecule has 5 atom stereocenters. The standard InChI is InChI=1S/C14H19ClO4.C9H12N2/c1-7-6-9(4-5-10(7)15)14(3,18)13-12(17)11(16)8(2)19-13;1-3-11-9(10)8-6-4-5-7(8)2/h4-6,8,11-13,16-18H,1-3H3;3-4,6H,1,5H2,2H3,(H2,10,11). The first-order valence-electron chi connectivity index (χ1n) is 9.82. The predicted octanol–water partition coefficient (Wildman–Crippen LogP) is 3.13. The third kappa shape index (κ3) is 5.20. The summed E-state index contributed by atoms with van der Waals surface area (Å²) in [6.45, 7) is 10.6. The largest absolute Gasteiger partial charge is 0.388 e. The van der Waals surface area contributed by atoms with Gasteiger partial charge in [0.15, 0.2) is 0 Å². The summed E-state index contributed by atoms with van der Waals surface area (Å²) >= 11 is 5.96. The highest BCUT2D eigenvalue weighted by molar-refractivity contribution is 6.31. The van der Waals surface area contributed by atoms with E-state index in [1.54, 1.807) is 32.0 Å². The van der Waals surface area contributed by atoms with Gasteiger partial charge in [0.1, 0.15) is 29.7 Å².